The van der Waals surface area contributed by atoms with Crippen LogP contribution in [0.25, 0.3) is 0 Å². The first-order valence-corrected chi connectivity index (χ1v) is 6.26. The van der Waals surface area contributed by atoms with Crippen LogP contribution in [-0.4, -0.2) is 16.6 Å². The first-order chi connectivity index (χ1) is 9.47. The van der Waals surface area contributed by atoms with E-state index in [0.29, 0.717) is 11.7 Å². The largest absolute Gasteiger partial charge is 0.444 e. The predicted molar refractivity (Wildman–Crippen MR) is 69.0 cm³/mol. The molecule has 0 spiro atoms. The second kappa shape index (κ2) is 6.11. The van der Waals surface area contributed by atoms with Gasteiger partial charge >= 0.3 is 0 Å². The average molecular weight is 282 g/mol. The van der Waals surface area contributed by atoms with Gasteiger partial charge in [-0.15, -0.1) is 0 Å². The zero-order valence-electron chi connectivity index (χ0n) is 11.2. The number of aryl methyl sites for hydroxylation is 1. The molecule has 2 N–H and O–H groups in total. The molecule has 2 unspecified atom stereocenters. The zero-order chi connectivity index (χ0) is 14.7. The molecule has 0 bridgehead atoms. The van der Waals surface area contributed by atoms with Crippen LogP contribution in [-0.2, 0) is 0 Å². The Morgan fingerprint density at radius 3 is 2.75 bits per heavy atom. The molecule has 0 saturated heterocycles. The van der Waals surface area contributed by atoms with Gasteiger partial charge in [0, 0.05) is 18.2 Å². The van der Waals surface area contributed by atoms with Gasteiger partial charge in [-0.25, -0.2) is 13.8 Å². The molecule has 0 fully saturated rings. The summed E-state index contributed by atoms with van der Waals surface area (Å²) in [6.45, 7) is 3.70. The van der Waals surface area contributed by atoms with E-state index in [2.05, 4.69) is 10.3 Å². The number of aromatic nitrogens is 1. The summed E-state index contributed by atoms with van der Waals surface area (Å²) in [5, 5.41) is 12.9. The Hall–Kier alpha value is -1.79. The fourth-order valence-corrected chi connectivity index (χ4v) is 1.83. The molecule has 1 aromatic carbocycles. The van der Waals surface area contributed by atoms with Crippen molar-refractivity contribution >= 4 is 0 Å². The van der Waals surface area contributed by atoms with Gasteiger partial charge in [0.15, 0.2) is 0 Å². The number of aliphatic hydroxyl groups is 1. The highest BCUT2D eigenvalue weighted by Gasteiger charge is 2.16. The molecule has 2 aromatic rings. The first kappa shape index (κ1) is 14.6. The van der Waals surface area contributed by atoms with Crippen molar-refractivity contribution in [1.82, 2.24) is 10.3 Å². The summed E-state index contributed by atoms with van der Waals surface area (Å²) < 4.78 is 31.6. The third kappa shape index (κ3) is 3.40. The summed E-state index contributed by atoms with van der Waals surface area (Å²) in [6, 6.07) is 2.88. The Morgan fingerprint density at radius 1 is 1.40 bits per heavy atom. The van der Waals surface area contributed by atoms with Crippen molar-refractivity contribution in [3.05, 3.63) is 53.2 Å². The van der Waals surface area contributed by atoms with E-state index in [1.807, 2.05) is 6.92 Å². The molecule has 6 heteroatoms. The number of hydrogen-bond acceptors (Lipinski definition) is 4. The lowest BCUT2D eigenvalue weighted by molar-refractivity contribution is 0.164. The zero-order valence-corrected chi connectivity index (χ0v) is 11.2. The minimum Gasteiger partial charge on any atom is -0.444 e. The number of rotatable bonds is 5. The van der Waals surface area contributed by atoms with E-state index in [0.717, 1.165) is 12.1 Å². The standard InChI is InChI=1S/C14H16F2N2O2/c1-8-6-18-14(20-8)9(2)17-7-13(19)11-4-3-10(15)5-12(11)16/h3-6,9,13,17,19H,7H2,1-2H3. The number of oxazole rings is 1. The third-order valence-corrected chi connectivity index (χ3v) is 2.95. The van der Waals surface area contributed by atoms with Gasteiger partial charge in [-0.05, 0) is 19.9 Å². The van der Waals surface area contributed by atoms with Gasteiger partial charge in [0.05, 0.1) is 18.3 Å². The van der Waals surface area contributed by atoms with E-state index in [4.69, 9.17) is 4.42 Å². The van der Waals surface area contributed by atoms with E-state index in [-0.39, 0.29) is 18.2 Å². The van der Waals surface area contributed by atoms with E-state index in [1.54, 1.807) is 13.1 Å². The van der Waals surface area contributed by atoms with Crippen LogP contribution in [0.4, 0.5) is 8.78 Å². The Morgan fingerprint density at radius 2 is 2.15 bits per heavy atom. The maximum Gasteiger partial charge on any atom is 0.211 e. The second-order valence-corrected chi connectivity index (χ2v) is 4.62. The molecule has 4 nitrogen and oxygen atoms in total. The molecule has 2 atom stereocenters. The molecule has 1 aromatic heterocycles. The van der Waals surface area contributed by atoms with Crippen molar-refractivity contribution in [3.8, 4) is 0 Å². The normalized spacial score (nSPS) is 14.2. The minimum atomic E-state index is -1.07. The van der Waals surface area contributed by atoms with Gasteiger partial charge < -0.3 is 14.8 Å². The SMILES string of the molecule is Cc1cnc(C(C)NCC(O)c2ccc(F)cc2F)o1. The van der Waals surface area contributed by atoms with Gasteiger partial charge in [0.2, 0.25) is 5.89 Å². The van der Waals surface area contributed by atoms with Crippen LogP contribution in [0.2, 0.25) is 0 Å². The van der Waals surface area contributed by atoms with Crippen LogP contribution in [0.1, 0.15) is 36.3 Å². The highest BCUT2D eigenvalue weighted by molar-refractivity contribution is 5.21. The van der Waals surface area contributed by atoms with Crippen LogP contribution < -0.4 is 5.32 Å². The smallest absolute Gasteiger partial charge is 0.211 e. The van der Waals surface area contributed by atoms with Crippen molar-refractivity contribution in [1.29, 1.82) is 0 Å². The number of halogens is 2. The number of nitrogens with one attached hydrogen (secondary N) is 1. The number of benzene rings is 1. The van der Waals surface area contributed by atoms with Crippen LogP contribution in [0.15, 0.2) is 28.8 Å². The Balaban J connectivity index is 1.96. The molecule has 20 heavy (non-hydrogen) atoms. The van der Waals surface area contributed by atoms with Crippen LogP contribution in [0, 0.1) is 18.6 Å². The summed E-state index contributed by atoms with van der Waals surface area (Å²) in [4.78, 5) is 4.06. The molecule has 0 radical (unpaired) electrons. The van der Waals surface area contributed by atoms with Gasteiger partial charge in [-0.1, -0.05) is 6.07 Å². The minimum absolute atomic E-state index is 0.0506. The summed E-state index contributed by atoms with van der Waals surface area (Å²) in [5.74, 6) is -0.248. The molecule has 0 aliphatic rings. The Labute approximate surface area is 115 Å². The second-order valence-electron chi connectivity index (χ2n) is 4.62. The fourth-order valence-electron chi connectivity index (χ4n) is 1.83. The summed E-state index contributed by atoms with van der Waals surface area (Å²) >= 11 is 0. The molecule has 0 amide bonds. The van der Waals surface area contributed by atoms with Crippen molar-refractivity contribution in [2.75, 3.05) is 6.54 Å². The number of aliphatic hydroxyl groups excluding tert-OH is 1. The van der Waals surface area contributed by atoms with Crippen LogP contribution in [0.5, 0.6) is 0 Å². The molecule has 0 aliphatic carbocycles. The summed E-state index contributed by atoms with van der Waals surface area (Å²) in [7, 11) is 0. The van der Waals surface area contributed by atoms with Gasteiger partial charge in [-0.2, -0.15) is 0 Å². The van der Waals surface area contributed by atoms with E-state index < -0.39 is 17.7 Å². The Kier molecular flexibility index (Phi) is 4.46. The van der Waals surface area contributed by atoms with Crippen molar-refractivity contribution in [3.63, 3.8) is 0 Å². The third-order valence-electron chi connectivity index (χ3n) is 2.95. The molecular formula is C14H16F2N2O2. The molecular weight excluding hydrogens is 266 g/mol. The van der Waals surface area contributed by atoms with Crippen molar-refractivity contribution in [2.24, 2.45) is 0 Å². The van der Waals surface area contributed by atoms with Crippen LogP contribution in [0.3, 0.4) is 0 Å². The monoisotopic (exact) mass is 282 g/mol. The van der Waals surface area contributed by atoms with Crippen LogP contribution >= 0.6 is 0 Å². The van der Waals surface area contributed by atoms with Gasteiger partial charge in [0.1, 0.15) is 17.4 Å². The molecule has 1 heterocycles. The molecule has 0 saturated carbocycles. The maximum absolute atomic E-state index is 13.5. The fraction of sp³-hybridized carbons (Fsp3) is 0.357. The quantitative estimate of drug-likeness (QED) is 0.885. The lowest BCUT2D eigenvalue weighted by Gasteiger charge is -2.15. The lowest BCUT2D eigenvalue weighted by atomic mass is 10.1. The highest BCUT2D eigenvalue weighted by Crippen LogP contribution is 2.19. The molecule has 2 rings (SSSR count). The average Bonchev–Trinajstić information content (AvgIpc) is 2.82. The van der Waals surface area contributed by atoms with E-state index in [1.165, 1.54) is 6.07 Å². The maximum atomic E-state index is 13.5. The Bertz CT molecular complexity index is 586. The van der Waals surface area contributed by atoms with E-state index in [9.17, 15) is 13.9 Å². The summed E-state index contributed by atoms with van der Waals surface area (Å²) in [6.07, 6.45) is 0.526. The number of hydrogen-bond donors (Lipinski definition) is 2. The lowest BCUT2D eigenvalue weighted by Crippen LogP contribution is -2.25. The van der Waals surface area contributed by atoms with Gasteiger partial charge in [0.25, 0.3) is 0 Å². The van der Waals surface area contributed by atoms with Crippen molar-refractivity contribution in [2.45, 2.75) is 26.0 Å². The number of nitrogens with zero attached hydrogens (tertiary/aromatic N) is 1. The molecule has 0 aliphatic heterocycles. The molecule has 108 valence electrons. The highest BCUT2D eigenvalue weighted by atomic mass is 19.1. The van der Waals surface area contributed by atoms with Gasteiger partial charge in [-0.3, -0.25) is 0 Å². The first-order valence-electron chi connectivity index (χ1n) is 6.26. The topological polar surface area (TPSA) is 58.3 Å². The van der Waals surface area contributed by atoms with Crippen molar-refractivity contribution < 1.29 is 18.3 Å². The van der Waals surface area contributed by atoms with E-state index >= 15 is 0 Å². The summed E-state index contributed by atoms with van der Waals surface area (Å²) in [5.41, 5.74) is 0.0506. The predicted octanol–water partition coefficient (Wildman–Crippen LogP) is 2.65.